The van der Waals surface area contributed by atoms with Gasteiger partial charge in [0, 0.05) is 25.7 Å². The third kappa shape index (κ3) is 7.00. The van der Waals surface area contributed by atoms with Gasteiger partial charge in [0.2, 0.25) is 5.91 Å². The minimum absolute atomic E-state index is 0.0591. The molecule has 1 aliphatic carbocycles. The van der Waals surface area contributed by atoms with Crippen molar-refractivity contribution < 1.29 is 27.5 Å². The summed E-state index contributed by atoms with van der Waals surface area (Å²) in [6, 6.07) is 4.63. The van der Waals surface area contributed by atoms with Gasteiger partial charge < -0.3 is 10.1 Å². The molecular formula is C27H40F3N3O3. The van der Waals surface area contributed by atoms with Crippen molar-refractivity contribution in [3.8, 4) is 0 Å². The van der Waals surface area contributed by atoms with E-state index in [0.717, 1.165) is 19.0 Å². The van der Waals surface area contributed by atoms with Crippen LogP contribution < -0.4 is 5.32 Å². The molecule has 1 saturated heterocycles. The molecule has 0 unspecified atom stereocenters. The van der Waals surface area contributed by atoms with E-state index in [1.807, 2.05) is 13.8 Å². The Morgan fingerprint density at radius 2 is 1.86 bits per heavy atom. The van der Waals surface area contributed by atoms with E-state index in [9.17, 15) is 22.8 Å². The molecule has 36 heavy (non-hydrogen) atoms. The highest BCUT2D eigenvalue weighted by Gasteiger charge is 2.49. The van der Waals surface area contributed by atoms with Crippen molar-refractivity contribution in [2.75, 3.05) is 20.1 Å². The Kier molecular flexibility index (Phi) is 8.76. The van der Waals surface area contributed by atoms with Gasteiger partial charge in [-0.15, -0.1) is 0 Å². The smallest absolute Gasteiger partial charge is 0.417 e. The van der Waals surface area contributed by atoms with Crippen LogP contribution in [0.25, 0.3) is 0 Å². The lowest BCUT2D eigenvalue weighted by Gasteiger charge is -2.35. The van der Waals surface area contributed by atoms with Crippen molar-refractivity contribution in [2.45, 2.75) is 84.3 Å². The summed E-state index contributed by atoms with van der Waals surface area (Å²) in [6.07, 6.45) is -2.85. The van der Waals surface area contributed by atoms with E-state index in [4.69, 9.17) is 4.74 Å². The van der Waals surface area contributed by atoms with Gasteiger partial charge in [-0.2, -0.15) is 13.2 Å². The van der Waals surface area contributed by atoms with Gasteiger partial charge in [-0.3, -0.25) is 9.69 Å². The molecule has 1 saturated carbocycles. The molecule has 2 aliphatic rings. The monoisotopic (exact) mass is 511 g/mol. The summed E-state index contributed by atoms with van der Waals surface area (Å²) in [5.41, 5.74) is -0.790. The highest BCUT2D eigenvalue weighted by atomic mass is 19.4. The lowest BCUT2D eigenvalue weighted by molar-refractivity contribution is -0.138. The molecule has 3 rings (SSSR count). The molecule has 2 fully saturated rings. The number of benzene rings is 1. The number of nitrogens with one attached hydrogen (secondary N) is 1. The Morgan fingerprint density at radius 3 is 2.44 bits per heavy atom. The number of carbonyl (C=O) groups excluding carboxylic acids is 2. The van der Waals surface area contributed by atoms with Crippen molar-refractivity contribution in [1.29, 1.82) is 0 Å². The number of imide groups is 1. The maximum absolute atomic E-state index is 13.7. The number of likely N-dealkylation sites (tertiary alicyclic amines) is 1. The molecule has 202 valence electrons. The molecule has 9 heteroatoms. The van der Waals surface area contributed by atoms with E-state index in [-0.39, 0.29) is 29.7 Å². The first-order valence-corrected chi connectivity index (χ1v) is 12.8. The van der Waals surface area contributed by atoms with E-state index in [0.29, 0.717) is 31.5 Å². The summed E-state index contributed by atoms with van der Waals surface area (Å²) in [7, 11) is 1.72. The molecule has 1 heterocycles. The molecule has 1 aromatic rings. The van der Waals surface area contributed by atoms with Crippen LogP contribution in [0.4, 0.5) is 18.0 Å². The molecule has 1 aliphatic heterocycles. The van der Waals surface area contributed by atoms with Crippen LogP contribution in [0.3, 0.4) is 0 Å². The number of hydrogen-bond donors (Lipinski definition) is 1. The average Bonchev–Trinajstić information content (AvgIpc) is 3.31. The molecule has 0 bridgehead atoms. The SMILES string of the molecule is CN[C@H](CC(C)C)C(=O)N(C(=O)OC(C)(C)C)[C@@H]1CC[C@H]2CN(Cc3cccc(C(F)(F)F)c3)C[C@H]21. The molecule has 1 N–H and O–H groups in total. The second-order valence-electron chi connectivity index (χ2n) is 11.6. The number of rotatable bonds is 7. The first-order chi connectivity index (χ1) is 16.7. The summed E-state index contributed by atoms with van der Waals surface area (Å²) in [5, 5.41) is 3.07. The van der Waals surface area contributed by atoms with Crippen LogP contribution in [0, 0.1) is 17.8 Å². The molecule has 0 spiro atoms. The van der Waals surface area contributed by atoms with Crippen molar-refractivity contribution in [3.63, 3.8) is 0 Å². The van der Waals surface area contributed by atoms with Gasteiger partial charge in [0.15, 0.2) is 0 Å². The van der Waals surface area contributed by atoms with Gasteiger partial charge in [-0.05, 0) is 76.5 Å². The Bertz CT molecular complexity index is 929. The van der Waals surface area contributed by atoms with Gasteiger partial charge in [-0.1, -0.05) is 32.0 Å². The number of fused-ring (bicyclic) bond motifs is 1. The van der Waals surface area contributed by atoms with Crippen molar-refractivity contribution in [2.24, 2.45) is 17.8 Å². The minimum Gasteiger partial charge on any atom is -0.443 e. The van der Waals surface area contributed by atoms with Gasteiger partial charge in [0.25, 0.3) is 0 Å². The van der Waals surface area contributed by atoms with Crippen LogP contribution in [-0.4, -0.2) is 59.6 Å². The standard InChI is InChI=1S/C27H40F3N3O3/c1-17(2)12-22(31-6)24(34)33(25(35)36-26(3,4)5)23-11-10-19-15-32(16-21(19)23)14-18-8-7-9-20(13-18)27(28,29)30/h7-9,13,17,19,21-23,31H,10-12,14-16H2,1-6H3/t19-,21+,22+,23+/m0/s1. The van der Waals surface area contributed by atoms with Crippen LogP contribution in [0.1, 0.15) is 65.0 Å². The molecule has 0 radical (unpaired) electrons. The fourth-order valence-corrected chi connectivity index (χ4v) is 5.56. The summed E-state index contributed by atoms with van der Waals surface area (Å²) in [5.74, 6) is 0.320. The third-order valence-corrected chi connectivity index (χ3v) is 7.07. The number of hydrogen-bond acceptors (Lipinski definition) is 5. The molecule has 2 amide bonds. The van der Waals surface area contributed by atoms with Crippen LogP contribution >= 0.6 is 0 Å². The van der Waals surface area contributed by atoms with Crippen molar-refractivity contribution in [3.05, 3.63) is 35.4 Å². The van der Waals surface area contributed by atoms with E-state index >= 15 is 0 Å². The summed E-state index contributed by atoms with van der Waals surface area (Å²) in [6.45, 7) is 11.1. The number of carbonyl (C=O) groups is 2. The first kappa shape index (κ1) is 28.4. The second-order valence-corrected chi connectivity index (χ2v) is 11.6. The largest absolute Gasteiger partial charge is 0.443 e. The fourth-order valence-electron chi connectivity index (χ4n) is 5.56. The summed E-state index contributed by atoms with van der Waals surface area (Å²) >= 11 is 0. The number of likely N-dealkylation sites (N-methyl/N-ethyl adjacent to an activating group) is 1. The summed E-state index contributed by atoms with van der Waals surface area (Å²) in [4.78, 5) is 30.5. The molecule has 0 aromatic heterocycles. The first-order valence-electron chi connectivity index (χ1n) is 12.8. The molecular weight excluding hydrogens is 471 g/mol. The Hall–Kier alpha value is -2.13. The van der Waals surface area contributed by atoms with Crippen molar-refractivity contribution in [1.82, 2.24) is 15.1 Å². The lowest BCUT2D eigenvalue weighted by atomic mass is 9.95. The number of amides is 2. The Balaban J connectivity index is 1.79. The van der Waals surface area contributed by atoms with E-state index in [2.05, 4.69) is 10.2 Å². The second kappa shape index (κ2) is 11.1. The van der Waals surface area contributed by atoms with Crippen LogP contribution in [0.2, 0.25) is 0 Å². The van der Waals surface area contributed by atoms with Crippen molar-refractivity contribution >= 4 is 12.0 Å². The third-order valence-electron chi connectivity index (χ3n) is 7.07. The molecule has 1 aromatic carbocycles. The zero-order valence-corrected chi connectivity index (χ0v) is 22.2. The Morgan fingerprint density at radius 1 is 1.17 bits per heavy atom. The number of alkyl halides is 3. The quantitative estimate of drug-likeness (QED) is 0.537. The van der Waals surface area contributed by atoms with Gasteiger partial charge in [0.1, 0.15) is 5.60 Å². The lowest BCUT2D eigenvalue weighted by Crippen LogP contribution is -2.55. The van der Waals surface area contributed by atoms with E-state index in [1.54, 1.807) is 33.9 Å². The average molecular weight is 512 g/mol. The number of halogens is 3. The maximum atomic E-state index is 13.7. The molecule has 6 nitrogen and oxygen atoms in total. The highest BCUT2D eigenvalue weighted by molar-refractivity contribution is 5.95. The predicted molar refractivity (Wildman–Crippen MR) is 132 cm³/mol. The van der Waals surface area contributed by atoms with E-state index < -0.39 is 29.5 Å². The topological polar surface area (TPSA) is 61.9 Å². The van der Waals surface area contributed by atoms with Gasteiger partial charge >= 0.3 is 12.3 Å². The van der Waals surface area contributed by atoms with Crippen LogP contribution in [0.15, 0.2) is 24.3 Å². The predicted octanol–water partition coefficient (Wildman–Crippen LogP) is 5.31. The van der Waals surface area contributed by atoms with Crippen LogP contribution in [-0.2, 0) is 22.3 Å². The minimum atomic E-state index is -4.38. The highest BCUT2D eigenvalue weighted by Crippen LogP contribution is 2.42. The number of ether oxygens (including phenoxy) is 1. The normalized spacial score (nSPS) is 23.6. The maximum Gasteiger partial charge on any atom is 0.417 e. The van der Waals surface area contributed by atoms with E-state index in [1.165, 1.54) is 17.0 Å². The zero-order valence-electron chi connectivity index (χ0n) is 22.2. The van der Waals surface area contributed by atoms with Gasteiger partial charge in [-0.25, -0.2) is 9.69 Å². The Labute approximate surface area is 212 Å². The zero-order chi connectivity index (χ0) is 26.8. The number of nitrogens with zero attached hydrogens (tertiary/aromatic N) is 2. The van der Waals surface area contributed by atoms with Crippen LogP contribution in [0.5, 0.6) is 0 Å². The molecule has 4 atom stereocenters. The fraction of sp³-hybridized carbons (Fsp3) is 0.704. The van der Waals surface area contributed by atoms with Gasteiger partial charge in [0.05, 0.1) is 11.6 Å². The summed E-state index contributed by atoms with van der Waals surface area (Å²) < 4.78 is 45.1.